The van der Waals surface area contributed by atoms with Crippen LogP contribution in [0.4, 0.5) is 5.69 Å². The van der Waals surface area contributed by atoms with Gasteiger partial charge in [0.05, 0.1) is 24.9 Å². The maximum atomic E-state index is 13.9. The van der Waals surface area contributed by atoms with E-state index in [1.165, 1.54) is 0 Å². The zero-order valence-electron chi connectivity index (χ0n) is 17.9. The van der Waals surface area contributed by atoms with Crippen molar-refractivity contribution >= 4 is 22.7 Å². The number of carbonyl (C=O) groups excluding carboxylic acids is 1. The van der Waals surface area contributed by atoms with Crippen LogP contribution in [0.5, 0.6) is 5.75 Å². The number of fused-ring (bicyclic) bond motifs is 1. The number of para-hydroxylation sites is 1. The number of anilines is 1. The summed E-state index contributed by atoms with van der Waals surface area (Å²) in [4.78, 5) is 15.8. The second-order valence-electron chi connectivity index (χ2n) is 7.74. The van der Waals surface area contributed by atoms with Gasteiger partial charge in [-0.1, -0.05) is 91.0 Å². The molecule has 156 valence electrons. The van der Waals surface area contributed by atoms with Gasteiger partial charge in [-0.25, -0.2) is 0 Å². The highest BCUT2D eigenvalue weighted by atomic mass is 16.5. The highest BCUT2D eigenvalue weighted by molar-refractivity contribution is 6.38. The van der Waals surface area contributed by atoms with Crippen LogP contribution in [0.25, 0.3) is 11.1 Å². The van der Waals surface area contributed by atoms with Crippen molar-refractivity contribution in [3.05, 3.63) is 131 Å². The number of carbonyl (C=O) groups is 1. The third-order valence-corrected chi connectivity index (χ3v) is 5.80. The predicted molar refractivity (Wildman–Crippen MR) is 129 cm³/mol. The lowest BCUT2D eigenvalue weighted by Gasteiger charge is -2.18. The smallest absolute Gasteiger partial charge is 0.259 e. The van der Waals surface area contributed by atoms with E-state index in [9.17, 15) is 4.79 Å². The van der Waals surface area contributed by atoms with Crippen LogP contribution in [0.1, 0.15) is 22.3 Å². The predicted octanol–water partition coefficient (Wildman–Crippen LogP) is 6.20. The van der Waals surface area contributed by atoms with Crippen LogP contribution in [-0.2, 0) is 11.3 Å². The molecule has 3 nitrogen and oxygen atoms in total. The molecule has 0 fully saturated rings. The van der Waals surface area contributed by atoms with E-state index in [-0.39, 0.29) is 5.91 Å². The van der Waals surface area contributed by atoms with E-state index >= 15 is 0 Å². The van der Waals surface area contributed by atoms with E-state index in [2.05, 4.69) is 24.3 Å². The molecule has 1 heterocycles. The van der Waals surface area contributed by atoms with Crippen molar-refractivity contribution in [2.45, 2.75) is 6.54 Å². The molecule has 0 aliphatic carbocycles. The first-order valence-corrected chi connectivity index (χ1v) is 10.7. The average Bonchev–Trinajstić information content (AvgIpc) is 3.12. The summed E-state index contributed by atoms with van der Waals surface area (Å²) in [6.07, 6.45) is 0. The van der Waals surface area contributed by atoms with Gasteiger partial charge in [-0.3, -0.25) is 4.79 Å². The number of nitrogens with zero attached hydrogens (tertiary/aromatic N) is 1. The van der Waals surface area contributed by atoms with Crippen molar-refractivity contribution in [2.75, 3.05) is 12.0 Å². The van der Waals surface area contributed by atoms with E-state index in [1.54, 1.807) is 7.11 Å². The molecule has 0 radical (unpaired) electrons. The number of methoxy groups -OCH3 is 1. The van der Waals surface area contributed by atoms with Gasteiger partial charge in [0.25, 0.3) is 5.91 Å². The van der Waals surface area contributed by atoms with Crippen molar-refractivity contribution in [3.8, 4) is 5.75 Å². The maximum absolute atomic E-state index is 13.9. The minimum atomic E-state index is 0.0183. The van der Waals surface area contributed by atoms with E-state index in [4.69, 9.17) is 4.74 Å². The van der Waals surface area contributed by atoms with E-state index < -0.39 is 0 Å². The lowest BCUT2D eigenvalue weighted by molar-refractivity contribution is -0.113. The number of benzene rings is 4. The lowest BCUT2D eigenvalue weighted by atomic mass is 9.90. The van der Waals surface area contributed by atoms with Crippen LogP contribution in [0.3, 0.4) is 0 Å². The molecule has 32 heavy (non-hydrogen) atoms. The lowest BCUT2D eigenvalue weighted by Crippen LogP contribution is -2.26. The van der Waals surface area contributed by atoms with E-state index in [0.29, 0.717) is 6.54 Å². The molecular formula is C29H23NO2. The summed E-state index contributed by atoms with van der Waals surface area (Å²) in [5.41, 5.74) is 6.66. The summed E-state index contributed by atoms with van der Waals surface area (Å²) in [6, 6.07) is 36.2. The van der Waals surface area contributed by atoms with Gasteiger partial charge in [-0.2, -0.15) is 0 Å². The van der Waals surface area contributed by atoms with Crippen LogP contribution in [0.15, 0.2) is 109 Å². The van der Waals surface area contributed by atoms with Crippen molar-refractivity contribution in [1.29, 1.82) is 0 Å². The minimum absolute atomic E-state index is 0.0183. The van der Waals surface area contributed by atoms with Crippen LogP contribution >= 0.6 is 0 Å². The van der Waals surface area contributed by atoms with Crippen molar-refractivity contribution in [1.82, 2.24) is 0 Å². The van der Waals surface area contributed by atoms with Crippen LogP contribution in [0, 0.1) is 0 Å². The highest BCUT2D eigenvalue weighted by Crippen LogP contribution is 2.43. The Kier molecular flexibility index (Phi) is 5.30. The first-order valence-electron chi connectivity index (χ1n) is 10.7. The largest absolute Gasteiger partial charge is 0.497 e. The molecular weight excluding hydrogens is 394 g/mol. The number of amides is 1. The molecule has 3 heteroatoms. The third-order valence-electron chi connectivity index (χ3n) is 5.80. The fourth-order valence-electron chi connectivity index (χ4n) is 4.26. The molecule has 0 spiro atoms. The Balaban J connectivity index is 1.72. The number of hydrogen-bond acceptors (Lipinski definition) is 2. The Morgan fingerprint density at radius 3 is 2.00 bits per heavy atom. The quantitative estimate of drug-likeness (QED) is 0.362. The molecule has 1 amide bonds. The van der Waals surface area contributed by atoms with Crippen molar-refractivity contribution < 1.29 is 9.53 Å². The molecule has 5 rings (SSSR count). The van der Waals surface area contributed by atoms with Crippen molar-refractivity contribution in [2.24, 2.45) is 0 Å². The third kappa shape index (κ3) is 3.58. The first kappa shape index (κ1) is 19.8. The SMILES string of the molecule is COc1ccc(/C(=C2\C(=O)N(Cc3ccccc3)c3ccccc32)c2ccccc2)cc1. The normalized spacial score (nSPS) is 14.3. The number of ether oxygens (including phenoxy) is 1. The van der Waals surface area contributed by atoms with Gasteiger partial charge in [0.15, 0.2) is 0 Å². The molecule has 1 aliphatic heterocycles. The van der Waals surface area contributed by atoms with Crippen LogP contribution in [0.2, 0.25) is 0 Å². The van der Waals surface area contributed by atoms with Crippen molar-refractivity contribution in [3.63, 3.8) is 0 Å². The van der Waals surface area contributed by atoms with Gasteiger partial charge in [0.2, 0.25) is 0 Å². The fraction of sp³-hybridized carbons (Fsp3) is 0.0690. The summed E-state index contributed by atoms with van der Waals surface area (Å²) in [6.45, 7) is 0.533. The van der Waals surface area contributed by atoms with Crippen LogP contribution in [-0.4, -0.2) is 13.0 Å². The Morgan fingerprint density at radius 1 is 0.719 bits per heavy atom. The molecule has 0 atom stereocenters. The summed E-state index contributed by atoms with van der Waals surface area (Å²) in [5, 5.41) is 0. The van der Waals surface area contributed by atoms with Gasteiger partial charge in [0.1, 0.15) is 5.75 Å². The Labute approximate surface area is 188 Å². The van der Waals surface area contributed by atoms with Gasteiger partial charge in [-0.05, 0) is 34.9 Å². The topological polar surface area (TPSA) is 29.5 Å². The summed E-state index contributed by atoms with van der Waals surface area (Å²) >= 11 is 0. The molecule has 4 aromatic rings. The Morgan fingerprint density at radius 2 is 1.31 bits per heavy atom. The maximum Gasteiger partial charge on any atom is 0.259 e. The standard InChI is InChI=1S/C29H23NO2/c1-32-24-18-16-23(17-19-24)27(22-12-6-3-7-13-22)28-25-14-8-9-15-26(25)30(29(28)31)20-21-10-4-2-5-11-21/h2-19H,20H2,1H3/b28-27-. The number of hydrogen-bond donors (Lipinski definition) is 0. The molecule has 4 aromatic carbocycles. The highest BCUT2D eigenvalue weighted by Gasteiger charge is 2.35. The van der Waals surface area contributed by atoms with E-state index in [0.717, 1.165) is 44.8 Å². The summed E-state index contributed by atoms with van der Waals surface area (Å²) in [5.74, 6) is 0.805. The minimum Gasteiger partial charge on any atom is -0.497 e. The zero-order valence-corrected chi connectivity index (χ0v) is 17.9. The zero-order chi connectivity index (χ0) is 21.9. The molecule has 0 bridgehead atoms. The second kappa shape index (κ2) is 8.56. The molecule has 0 saturated heterocycles. The van der Waals surface area contributed by atoms with Gasteiger partial charge in [0, 0.05) is 11.1 Å². The summed E-state index contributed by atoms with van der Waals surface area (Å²) in [7, 11) is 1.66. The molecule has 0 aromatic heterocycles. The van der Waals surface area contributed by atoms with E-state index in [1.807, 2.05) is 89.8 Å². The van der Waals surface area contributed by atoms with Crippen LogP contribution < -0.4 is 9.64 Å². The molecule has 1 aliphatic rings. The molecule has 0 N–H and O–H groups in total. The number of rotatable bonds is 5. The summed E-state index contributed by atoms with van der Waals surface area (Å²) < 4.78 is 5.35. The van der Waals surface area contributed by atoms with Gasteiger partial charge >= 0.3 is 0 Å². The fourth-order valence-corrected chi connectivity index (χ4v) is 4.26. The monoisotopic (exact) mass is 417 g/mol. The van der Waals surface area contributed by atoms with Gasteiger partial charge in [-0.15, -0.1) is 0 Å². The second-order valence-corrected chi connectivity index (χ2v) is 7.74. The first-order chi connectivity index (χ1) is 15.8. The Hall–Kier alpha value is -4.11. The Bertz CT molecular complexity index is 1280. The molecule has 0 unspecified atom stereocenters. The molecule has 0 saturated carbocycles. The van der Waals surface area contributed by atoms with Gasteiger partial charge < -0.3 is 9.64 Å². The average molecular weight is 418 g/mol.